The van der Waals surface area contributed by atoms with E-state index in [-0.39, 0.29) is 17.6 Å². The smallest absolute Gasteiger partial charge is 0.165 e. The number of nitrogens with zero attached hydrogens (tertiary/aromatic N) is 1. The Morgan fingerprint density at radius 3 is 2.90 bits per heavy atom. The molecule has 3 rings (SSSR count). The van der Waals surface area contributed by atoms with Crippen molar-refractivity contribution in [3.05, 3.63) is 45.2 Å². The van der Waals surface area contributed by atoms with E-state index in [4.69, 9.17) is 9.72 Å². The van der Waals surface area contributed by atoms with Gasteiger partial charge in [0.2, 0.25) is 0 Å². The van der Waals surface area contributed by atoms with Gasteiger partial charge in [-0.25, -0.2) is 9.37 Å². The molecule has 1 heterocycles. The van der Waals surface area contributed by atoms with E-state index in [2.05, 4.69) is 5.32 Å². The van der Waals surface area contributed by atoms with E-state index in [9.17, 15) is 4.39 Å². The fraction of sp³-hybridized carbons (Fsp3) is 0.400. The SMILES string of the molecule is CNC(c1ccc(OC)c(F)c1)c1nc2c(s1)CCC2. The molecule has 0 fully saturated rings. The molecule has 0 amide bonds. The molecule has 1 aliphatic rings. The lowest BCUT2D eigenvalue weighted by atomic mass is 10.1. The summed E-state index contributed by atoms with van der Waals surface area (Å²) in [5, 5.41) is 4.24. The number of rotatable bonds is 4. The first kappa shape index (κ1) is 13.5. The second kappa shape index (κ2) is 5.50. The molecule has 0 aliphatic heterocycles. The Hall–Kier alpha value is -1.46. The second-order valence-electron chi connectivity index (χ2n) is 4.89. The summed E-state index contributed by atoms with van der Waals surface area (Å²) in [6.07, 6.45) is 3.40. The third-order valence-corrected chi connectivity index (χ3v) is 4.88. The second-order valence-corrected chi connectivity index (χ2v) is 6.01. The van der Waals surface area contributed by atoms with Gasteiger partial charge in [-0.3, -0.25) is 0 Å². The molecule has 0 saturated heterocycles. The van der Waals surface area contributed by atoms with Crippen LogP contribution in [0.4, 0.5) is 4.39 Å². The summed E-state index contributed by atoms with van der Waals surface area (Å²) in [5.41, 5.74) is 2.09. The number of hydrogen-bond donors (Lipinski definition) is 1. The molecule has 0 saturated carbocycles. The molecule has 1 atom stereocenters. The number of thiazole rings is 1. The monoisotopic (exact) mass is 292 g/mol. The Bertz CT molecular complexity index is 605. The zero-order chi connectivity index (χ0) is 14.1. The molecule has 2 aromatic rings. The van der Waals surface area contributed by atoms with Crippen molar-refractivity contribution >= 4 is 11.3 Å². The number of fused-ring (bicyclic) bond motifs is 1. The number of methoxy groups -OCH3 is 1. The quantitative estimate of drug-likeness (QED) is 0.940. The Kier molecular flexibility index (Phi) is 3.72. The van der Waals surface area contributed by atoms with Gasteiger partial charge in [-0.15, -0.1) is 11.3 Å². The Labute approximate surface area is 121 Å². The normalized spacial score (nSPS) is 15.2. The van der Waals surface area contributed by atoms with E-state index < -0.39 is 0 Å². The lowest BCUT2D eigenvalue weighted by Crippen LogP contribution is -2.17. The summed E-state index contributed by atoms with van der Waals surface area (Å²) in [6, 6.07) is 5.00. The zero-order valence-electron chi connectivity index (χ0n) is 11.6. The van der Waals surface area contributed by atoms with Crippen LogP contribution in [0.15, 0.2) is 18.2 Å². The van der Waals surface area contributed by atoms with Gasteiger partial charge < -0.3 is 10.1 Å². The van der Waals surface area contributed by atoms with E-state index in [1.807, 2.05) is 13.1 Å². The minimum Gasteiger partial charge on any atom is -0.494 e. The summed E-state index contributed by atoms with van der Waals surface area (Å²) in [4.78, 5) is 6.10. The van der Waals surface area contributed by atoms with Crippen LogP contribution in [0.3, 0.4) is 0 Å². The van der Waals surface area contributed by atoms with Crippen molar-refractivity contribution in [3.63, 3.8) is 0 Å². The average Bonchev–Trinajstić information content (AvgIpc) is 3.01. The largest absolute Gasteiger partial charge is 0.494 e. The van der Waals surface area contributed by atoms with Crippen molar-refractivity contribution in [1.29, 1.82) is 0 Å². The highest BCUT2D eigenvalue weighted by Gasteiger charge is 2.22. The van der Waals surface area contributed by atoms with Crippen LogP contribution in [-0.4, -0.2) is 19.1 Å². The van der Waals surface area contributed by atoms with Gasteiger partial charge >= 0.3 is 0 Å². The van der Waals surface area contributed by atoms with E-state index in [0.717, 1.165) is 23.4 Å². The Balaban J connectivity index is 1.94. The minimum atomic E-state index is -0.339. The van der Waals surface area contributed by atoms with Crippen LogP contribution < -0.4 is 10.1 Å². The van der Waals surface area contributed by atoms with E-state index in [1.165, 1.54) is 30.2 Å². The topological polar surface area (TPSA) is 34.1 Å². The highest BCUT2D eigenvalue weighted by molar-refractivity contribution is 7.11. The fourth-order valence-corrected chi connectivity index (χ4v) is 3.92. The zero-order valence-corrected chi connectivity index (χ0v) is 12.4. The van der Waals surface area contributed by atoms with Crippen LogP contribution >= 0.6 is 11.3 Å². The summed E-state index contributed by atoms with van der Waals surface area (Å²) in [5.74, 6) is -0.0698. The number of ether oxygens (including phenoxy) is 1. The first-order valence-electron chi connectivity index (χ1n) is 6.72. The third-order valence-electron chi connectivity index (χ3n) is 3.66. The molecular weight excluding hydrogens is 275 g/mol. The van der Waals surface area contributed by atoms with Gasteiger partial charge in [-0.1, -0.05) is 6.07 Å². The predicted octanol–water partition coefficient (Wildman–Crippen LogP) is 3.09. The van der Waals surface area contributed by atoms with Gasteiger partial charge in [0.15, 0.2) is 11.6 Å². The van der Waals surface area contributed by atoms with Crippen molar-refractivity contribution in [2.24, 2.45) is 0 Å². The van der Waals surface area contributed by atoms with E-state index in [1.54, 1.807) is 17.4 Å². The van der Waals surface area contributed by atoms with Crippen molar-refractivity contribution in [3.8, 4) is 5.75 Å². The molecule has 0 bridgehead atoms. The molecule has 3 nitrogen and oxygen atoms in total. The van der Waals surface area contributed by atoms with Crippen molar-refractivity contribution < 1.29 is 9.13 Å². The maximum atomic E-state index is 13.9. The van der Waals surface area contributed by atoms with Crippen LogP contribution in [0.5, 0.6) is 5.75 Å². The van der Waals surface area contributed by atoms with Crippen LogP contribution in [0.1, 0.15) is 33.6 Å². The van der Waals surface area contributed by atoms with Crippen LogP contribution in [0.2, 0.25) is 0 Å². The molecule has 1 aromatic carbocycles. The number of hydrogen-bond acceptors (Lipinski definition) is 4. The molecule has 5 heteroatoms. The number of nitrogens with one attached hydrogen (secondary N) is 1. The lowest BCUT2D eigenvalue weighted by molar-refractivity contribution is 0.386. The number of halogens is 1. The number of aryl methyl sites for hydroxylation is 2. The molecule has 1 aliphatic carbocycles. The lowest BCUT2D eigenvalue weighted by Gasteiger charge is -2.15. The summed E-state index contributed by atoms with van der Waals surface area (Å²) < 4.78 is 18.8. The van der Waals surface area contributed by atoms with Crippen molar-refractivity contribution in [2.75, 3.05) is 14.2 Å². The Morgan fingerprint density at radius 1 is 1.40 bits per heavy atom. The molecule has 1 N–H and O–H groups in total. The van der Waals surface area contributed by atoms with Crippen molar-refractivity contribution in [2.45, 2.75) is 25.3 Å². The van der Waals surface area contributed by atoms with Gasteiger partial charge in [0.25, 0.3) is 0 Å². The number of benzene rings is 1. The third kappa shape index (κ3) is 2.31. The van der Waals surface area contributed by atoms with Crippen LogP contribution in [-0.2, 0) is 12.8 Å². The van der Waals surface area contributed by atoms with Gasteiger partial charge in [0.1, 0.15) is 5.01 Å². The molecule has 0 radical (unpaired) electrons. The standard InChI is InChI=1S/C15H17FN2OS/c1-17-14(9-6-7-12(19-2)10(16)8-9)15-18-11-4-3-5-13(11)20-15/h6-8,14,17H,3-5H2,1-2H3. The molecule has 1 unspecified atom stereocenters. The van der Waals surface area contributed by atoms with Gasteiger partial charge in [0.05, 0.1) is 18.8 Å². The van der Waals surface area contributed by atoms with Crippen molar-refractivity contribution in [1.82, 2.24) is 10.3 Å². The molecule has 106 valence electrons. The highest BCUT2D eigenvalue weighted by Crippen LogP contribution is 2.34. The summed E-state index contributed by atoms with van der Waals surface area (Å²) >= 11 is 1.74. The Morgan fingerprint density at radius 2 is 2.25 bits per heavy atom. The van der Waals surface area contributed by atoms with Gasteiger partial charge in [0, 0.05) is 4.88 Å². The van der Waals surface area contributed by atoms with Gasteiger partial charge in [-0.05, 0) is 44.0 Å². The molecular formula is C15H17FN2OS. The first-order chi connectivity index (χ1) is 9.72. The molecule has 0 spiro atoms. The van der Waals surface area contributed by atoms with Gasteiger partial charge in [-0.2, -0.15) is 0 Å². The average molecular weight is 292 g/mol. The van der Waals surface area contributed by atoms with Crippen LogP contribution in [0, 0.1) is 5.82 Å². The molecule has 20 heavy (non-hydrogen) atoms. The maximum absolute atomic E-state index is 13.9. The maximum Gasteiger partial charge on any atom is 0.165 e. The van der Waals surface area contributed by atoms with E-state index >= 15 is 0 Å². The van der Waals surface area contributed by atoms with Crippen LogP contribution in [0.25, 0.3) is 0 Å². The van der Waals surface area contributed by atoms with E-state index in [0.29, 0.717) is 0 Å². The highest BCUT2D eigenvalue weighted by atomic mass is 32.1. The minimum absolute atomic E-state index is 0.0639. The fourth-order valence-electron chi connectivity index (χ4n) is 2.63. The first-order valence-corrected chi connectivity index (χ1v) is 7.53. The molecule has 1 aromatic heterocycles. The number of aromatic nitrogens is 1. The summed E-state index contributed by atoms with van der Waals surface area (Å²) in [7, 11) is 3.35. The summed E-state index contributed by atoms with van der Waals surface area (Å²) in [6.45, 7) is 0. The predicted molar refractivity (Wildman–Crippen MR) is 78.0 cm³/mol.